The highest BCUT2D eigenvalue weighted by Crippen LogP contribution is 2.28. The summed E-state index contributed by atoms with van der Waals surface area (Å²) in [6.45, 7) is 1.39. The van der Waals surface area contributed by atoms with Crippen LogP contribution in [0.2, 0.25) is 0 Å². The molecule has 1 aliphatic heterocycles. The maximum absolute atomic E-state index is 14.1. The van der Waals surface area contributed by atoms with Crippen LogP contribution < -0.4 is 0 Å². The standard InChI is InChI=1S/C22H21F4N5O3/c1-2-34-21(33)19-14-12-30(9-7-18(14)31(29-19)10-8-22(24,25)26)20(32)17-11-16(27-28-17)13-5-3-4-6-15(13)23/h3-6,11H,2,7-10,12H2,1H3,(H,27,28). The number of aromatic nitrogens is 4. The molecule has 1 aliphatic rings. The van der Waals surface area contributed by atoms with Gasteiger partial charge in [0.2, 0.25) is 0 Å². The minimum atomic E-state index is -4.38. The SMILES string of the molecule is CCOC(=O)c1nn(CCC(F)(F)F)c2c1CN(C(=O)c1cc(-c3ccccc3F)n[nH]1)CC2. The molecule has 3 aromatic rings. The quantitative estimate of drug-likeness (QED) is 0.430. The average Bonchev–Trinajstić information content (AvgIpc) is 3.42. The fraction of sp³-hybridized carbons (Fsp3) is 0.364. The summed E-state index contributed by atoms with van der Waals surface area (Å²) >= 11 is 0. The van der Waals surface area contributed by atoms with Crippen molar-refractivity contribution < 1.29 is 31.9 Å². The minimum absolute atomic E-state index is 0.0393. The zero-order valence-corrected chi connectivity index (χ0v) is 18.2. The Morgan fingerprint density at radius 1 is 1.24 bits per heavy atom. The number of alkyl halides is 3. The number of fused-ring (bicyclic) bond motifs is 1. The van der Waals surface area contributed by atoms with Gasteiger partial charge in [-0.3, -0.25) is 14.6 Å². The van der Waals surface area contributed by atoms with Crippen molar-refractivity contribution >= 4 is 11.9 Å². The number of amides is 1. The van der Waals surface area contributed by atoms with Gasteiger partial charge in [-0.25, -0.2) is 9.18 Å². The van der Waals surface area contributed by atoms with E-state index in [0.717, 1.165) is 0 Å². The Balaban J connectivity index is 1.58. The second kappa shape index (κ2) is 9.27. The first-order valence-corrected chi connectivity index (χ1v) is 10.6. The summed E-state index contributed by atoms with van der Waals surface area (Å²) in [5.74, 6) is -1.69. The van der Waals surface area contributed by atoms with E-state index < -0.39 is 36.8 Å². The van der Waals surface area contributed by atoms with Crippen LogP contribution in [0.5, 0.6) is 0 Å². The van der Waals surface area contributed by atoms with Crippen LogP contribution in [0.3, 0.4) is 0 Å². The Bertz CT molecular complexity index is 1220. The third-order valence-electron chi connectivity index (χ3n) is 5.46. The molecule has 0 fully saturated rings. The zero-order valence-electron chi connectivity index (χ0n) is 18.2. The molecule has 34 heavy (non-hydrogen) atoms. The molecule has 1 aromatic carbocycles. The van der Waals surface area contributed by atoms with Crippen LogP contribution >= 0.6 is 0 Å². The van der Waals surface area contributed by atoms with Crippen LogP contribution in [0, 0.1) is 5.82 Å². The second-order valence-electron chi connectivity index (χ2n) is 7.71. The Morgan fingerprint density at radius 2 is 2.00 bits per heavy atom. The lowest BCUT2D eigenvalue weighted by atomic mass is 10.0. The number of rotatable bonds is 6. The lowest BCUT2D eigenvalue weighted by Gasteiger charge is -2.27. The molecule has 0 unspecified atom stereocenters. The number of ether oxygens (including phenoxy) is 1. The van der Waals surface area contributed by atoms with Gasteiger partial charge in [0, 0.05) is 36.3 Å². The monoisotopic (exact) mass is 479 g/mol. The predicted molar refractivity (Wildman–Crippen MR) is 111 cm³/mol. The molecule has 180 valence electrons. The highest BCUT2D eigenvalue weighted by atomic mass is 19.4. The van der Waals surface area contributed by atoms with Gasteiger partial charge in [0.1, 0.15) is 11.5 Å². The van der Waals surface area contributed by atoms with Crippen molar-refractivity contribution in [2.45, 2.75) is 39.0 Å². The van der Waals surface area contributed by atoms with Gasteiger partial charge in [0.25, 0.3) is 5.91 Å². The lowest BCUT2D eigenvalue weighted by Crippen LogP contribution is -2.37. The third kappa shape index (κ3) is 4.80. The molecule has 12 heteroatoms. The minimum Gasteiger partial charge on any atom is -0.461 e. The van der Waals surface area contributed by atoms with Gasteiger partial charge in [-0.2, -0.15) is 23.4 Å². The van der Waals surface area contributed by atoms with Crippen LogP contribution in [-0.2, 0) is 24.2 Å². The molecule has 0 atom stereocenters. The van der Waals surface area contributed by atoms with E-state index in [2.05, 4.69) is 15.3 Å². The molecule has 4 rings (SSSR count). The number of H-pyrrole nitrogens is 1. The van der Waals surface area contributed by atoms with E-state index in [1.165, 1.54) is 27.8 Å². The van der Waals surface area contributed by atoms with Gasteiger partial charge in [-0.05, 0) is 25.1 Å². The topological polar surface area (TPSA) is 93.1 Å². The molecular weight excluding hydrogens is 458 g/mol. The summed E-state index contributed by atoms with van der Waals surface area (Å²) in [5.41, 5.74) is 1.32. The van der Waals surface area contributed by atoms with Crippen LogP contribution in [0.4, 0.5) is 17.6 Å². The van der Waals surface area contributed by atoms with Gasteiger partial charge in [-0.15, -0.1) is 0 Å². The van der Waals surface area contributed by atoms with E-state index in [0.29, 0.717) is 11.3 Å². The Kier molecular flexibility index (Phi) is 6.40. The fourth-order valence-electron chi connectivity index (χ4n) is 3.85. The molecule has 0 saturated carbocycles. The number of nitrogens with zero attached hydrogens (tertiary/aromatic N) is 4. The first kappa shape index (κ1) is 23.5. The van der Waals surface area contributed by atoms with Gasteiger partial charge in [0.15, 0.2) is 5.69 Å². The molecule has 1 N–H and O–H groups in total. The fourth-order valence-corrected chi connectivity index (χ4v) is 3.85. The van der Waals surface area contributed by atoms with Crippen LogP contribution in [0.15, 0.2) is 30.3 Å². The molecule has 0 radical (unpaired) electrons. The molecule has 2 aromatic heterocycles. The zero-order chi connectivity index (χ0) is 24.5. The van der Waals surface area contributed by atoms with Crippen molar-refractivity contribution in [1.29, 1.82) is 0 Å². The number of carbonyl (C=O) groups excluding carboxylic acids is 2. The van der Waals surface area contributed by atoms with Crippen molar-refractivity contribution in [3.63, 3.8) is 0 Å². The molecule has 0 spiro atoms. The van der Waals surface area contributed by atoms with E-state index in [1.54, 1.807) is 19.1 Å². The van der Waals surface area contributed by atoms with Crippen molar-refractivity contribution in [2.24, 2.45) is 0 Å². The number of aromatic amines is 1. The number of nitrogens with one attached hydrogen (secondary N) is 1. The number of esters is 1. The Labute approximate surface area is 191 Å². The van der Waals surface area contributed by atoms with E-state index >= 15 is 0 Å². The predicted octanol–water partition coefficient (Wildman–Crippen LogP) is 3.74. The first-order chi connectivity index (χ1) is 16.2. The van der Waals surface area contributed by atoms with E-state index in [9.17, 15) is 27.2 Å². The van der Waals surface area contributed by atoms with E-state index in [1.807, 2.05) is 0 Å². The lowest BCUT2D eigenvalue weighted by molar-refractivity contribution is -0.137. The number of benzene rings is 1. The van der Waals surface area contributed by atoms with Crippen LogP contribution in [0.25, 0.3) is 11.3 Å². The number of hydrogen-bond donors (Lipinski definition) is 1. The summed E-state index contributed by atoms with van der Waals surface area (Å²) in [5, 5.41) is 10.7. The molecule has 0 saturated heterocycles. The van der Waals surface area contributed by atoms with Gasteiger partial charge >= 0.3 is 12.1 Å². The van der Waals surface area contributed by atoms with E-state index in [4.69, 9.17) is 4.74 Å². The Morgan fingerprint density at radius 3 is 2.71 bits per heavy atom. The van der Waals surface area contributed by atoms with Gasteiger partial charge in [0.05, 0.1) is 25.3 Å². The normalized spacial score (nSPS) is 13.6. The molecule has 8 nitrogen and oxygen atoms in total. The summed E-state index contributed by atoms with van der Waals surface area (Å²) in [6, 6.07) is 7.43. The maximum Gasteiger partial charge on any atom is 0.390 e. The third-order valence-corrected chi connectivity index (χ3v) is 5.46. The van der Waals surface area contributed by atoms with Gasteiger partial charge < -0.3 is 9.64 Å². The molecule has 0 bridgehead atoms. The molecular formula is C22H21F4N5O3. The number of hydrogen-bond acceptors (Lipinski definition) is 5. The molecule has 1 amide bonds. The van der Waals surface area contributed by atoms with Crippen molar-refractivity contribution in [3.05, 3.63) is 58.8 Å². The van der Waals surface area contributed by atoms with Crippen LogP contribution in [-0.4, -0.2) is 56.1 Å². The number of halogens is 4. The van der Waals surface area contributed by atoms with Crippen LogP contribution in [0.1, 0.15) is 45.6 Å². The summed E-state index contributed by atoms with van der Waals surface area (Å²) in [4.78, 5) is 26.9. The number of carbonyl (C=O) groups is 2. The summed E-state index contributed by atoms with van der Waals surface area (Å²) in [6.07, 6.45) is -5.27. The second-order valence-corrected chi connectivity index (χ2v) is 7.71. The first-order valence-electron chi connectivity index (χ1n) is 10.6. The largest absolute Gasteiger partial charge is 0.461 e. The maximum atomic E-state index is 14.1. The van der Waals surface area contributed by atoms with Gasteiger partial charge in [-0.1, -0.05) is 12.1 Å². The average molecular weight is 479 g/mol. The molecule has 3 heterocycles. The van der Waals surface area contributed by atoms with Crippen molar-refractivity contribution in [2.75, 3.05) is 13.2 Å². The number of aryl methyl sites for hydroxylation is 1. The summed E-state index contributed by atoms with van der Waals surface area (Å²) in [7, 11) is 0. The Hall–Kier alpha value is -3.70. The highest BCUT2D eigenvalue weighted by molar-refractivity contribution is 5.94. The van der Waals surface area contributed by atoms with Crippen molar-refractivity contribution in [1.82, 2.24) is 24.9 Å². The van der Waals surface area contributed by atoms with Crippen molar-refractivity contribution in [3.8, 4) is 11.3 Å². The summed E-state index contributed by atoms with van der Waals surface area (Å²) < 4.78 is 58.5. The molecule has 0 aliphatic carbocycles. The highest BCUT2D eigenvalue weighted by Gasteiger charge is 2.33. The van der Waals surface area contributed by atoms with E-state index in [-0.39, 0.29) is 48.8 Å². The smallest absolute Gasteiger partial charge is 0.390 e.